The topological polar surface area (TPSA) is 106 Å². The number of piperazine rings is 1. The summed E-state index contributed by atoms with van der Waals surface area (Å²) < 4.78 is 36.8. The quantitative estimate of drug-likeness (QED) is 0.606. The number of fused-ring (bicyclic) bond motifs is 2. The van der Waals surface area contributed by atoms with Crippen molar-refractivity contribution in [2.24, 2.45) is 0 Å². The van der Waals surface area contributed by atoms with Crippen LogP contribution in [0.1, 0.15) is 30.6 Å². The van der Waals surface area contributed by atoms with Gasteiger partial charge in [0.25, 0.3) is 5.91 Å². The summed E-state index contributed by atoms with van der Waals surface area (Å²) in [7, 11) is 0. The van der Waals surface area contributed by atoms with Crippen molar-refractivity contribution >= 4 is 17.6 Å². The zero-order valence-electron chi connectivity index (χ0n) is 20.6. The number of ether oxygens (including phenoxy) is 1. The second-order valence-electron chi connectivity index (χ2n) is 10.2. The molecule has 5 rings (SSSR count). The van der Waals surface area contributed by atoms with Crippen molar-refractivity contribution in [2.45, 2.75) is 38.0 Å². The third-order valence-electron chi connectivity index (χ3n) is 7.28. The SMILES string of the molecule is C=CC(=O)N1CCN2C(=O)c3c(N4CC(O)CC4(C)C)nc(-c4c(O)cccc4F)c(F)c3OC[C@H]2C1. The molecule has 1 aromatic carbocycles. The average molecular weight is 515 g/mol. The van der Waals surface area contributed by atoms with E-state index >= 15 is 4.39 Å². The van der Waals surface area contributed by atoms with Crippen molar-refractivity contribution < 1.29 is 33.3 Å². The second kappa shape index (κ2) is 8.98. The third kappa shape index (κ3) is 4.07. The van der Waals surface area contributed by atoms with Gasteiger partial charge in [0.15, 0.2) is 11.6 Å². The van der Waals surface area contributed by atoms with E-state index in [1.165, 1.54) is 23.1 Å². The minimum atomic E-state index is -1.08. The van der Waals surface area contributed by atoms with E-state index in [0.29, 0.717) is 6.42 Å². The highest BCUT2D eigenvalue weighted by Crippen LogP contribution is 2.45. The number of nitrogens with zero attached hydrogens (tertiary/aromatic N) is 4. The van der Waals surface area contributed by atoms with Gasteiger partial charge in [-0.15, -0.1) is 0 Å². The second-order valence-corrected chi connectivity index (χ2v) is 10.2. The number of amides is 2. The Labute approximate surface area is 212 Å². The van der Waals surface area contributed by atoms with Gasteiger partial charge in [-0.05, 0) is 38.5 Å². The van der Waals surface area contributed by atoms with Crippen LogP contribution in [0.3, 0.4) is 0 Å². The van der Waals surface area contributed by atoms with Gasteiger partial charge in [-0.2, -0.15) is 0 Å². The van der Waals surface area contributed by atoms with E-state index in [-0.39, 0.29) is 50.1 Å². The summed E-state index contributed by atoms with van der Waals surface area (Å²) in [6, 6.07) is 3.01. The highest BCUT2D eigenvalue weighted by atomic mass is 19.1. The van der Waals surface area contributed by atoms with E-state index in [1.807, 2.05) is 13.8 Å². The average Bonchev–Trinajstić information content (AvgIpc) is 3.04. The number of benzene rings is 1. The molecule has 2 amide bonds. The van der Waals surface area contributed by atoms with Gasteiger partial charge >= 0.3 is 0 Å². The van der Waals surface area contributed by atoms with Crippen LogP contribution in [0.2, 0.25) is 0 Å². The van der Waals surface area contributed by atoms with Crippen molar-refractivity contribution in [3.8, 4) is 22.8 Å². The Hall–Kier alpha value is -3.73. The van der Waals surface area contributed by atoms with E-state index in [4.69, 9.17) is 4.74 Å². The summed E-state index contributed by atoms with van der Waals surface area (Å²) in [6.07, 6.45) is 0.825. The number of rotatable bonds is 3. The Morgan fingerprint density at radius 3 is 2.65 bits per heavy atom. The number of β-amino-alcohol motifs (C(OH)–C–C–N with tert-alkyl or cyclic N) is 1. The first-order chi connectivity index (χ1) is 17.5. The van der Waals surface area contributed by atoms with Crippen molar-refractivity contribution in [1.29, 1.82) is 0 Å². The van der Waals surface area contributed by atoms with Gasteiger partial charge in [-0.25, -0.2) is 13.8 Å². The maximum Gasteiger partial charge on any atom is 0.262 e. The van der Waals surface area contributed by atoms with Crippen LogP contribution >= 0.6 is 0 Å². The number of halogens is 2. The van der Waals surface area contributed by atoms with Gasteiger partial charge in [0.05, 0.1) is 17.7 Å². The molecule has 1 aromatic heterocycles. The van der Waals surface area contributed by atoms with Crippen LogP contribution < -0.4 is 9.64 Å². The summed E-state index contributed by atoms with van der Waals surface area (Å²) >= 11 is 0. The van der Waals surface area contributed by atoms with Gasteiger partial charge in [0.1, 0.15) is 35.2 Å². The Balaban J connectivity index is 1.70. The number of anilines is 1. The Morgan fingerprint density at radius 1 is 1.24 bits per heavy atom. The molecule has 0 radical (unpaired) electrons. The van der Waals surface area contributed by atoms with Crippen molar-refractivity contribution in [2.75, 3.05) is 37.7 Å². The van der Waals surface area contributed by atoms with Crippen LogP contribution in [0.4, 0.5) is 14.6 Å². The van der Waals surface area contributed by atoms with Gasteiger partial charge < -0.3 is 29.6 Å². The number of hydrogen-bond donors (Lipinski definition) is 2. The lowest BCUT2D eigenvalue weighted by molar-refractivity contribution is -0.128. The zero-order chi connectivity index (χ0) is 26.6. The Morgan fingerprint density at radius 2 is 2.00 bits per heavy atom. The molecule has 0 aliphatic carbocycles. The molecular weight excluding hydrogens is 486 g/mol. The Bertz CT molecular complexity index is 1280. The molecule has 196 valence electrons. The summed E-state index contributed by atoms with van der Waals surface area (Å²) in [4.78, 5) is 35.3. The fraction of sp³-hybridized carbons (Fsp3) is 0.423. The number of carbonyl (C=O) groups excluding carboxylic acids is 2. The summed E-state index contributed by atoms with van der Waals surface area (Å²) in [5.41, 5.74) is -1.77. The van der Waals surface area contributed by atoms with Gasteiger partial charge in [0.2, 0.25) is 5.91 Å². The largest absolute Gasteiger partial charge is 0.507 e. The normalized spacial score (nSPS) is 22.7. The van der Waals surface area contributed by atoms with Crippen molar-refractivity contribution in [1.82, 2.24) is 14.8 Å². The number of aromatic nitrogens is 1. The third-order valence-corrected chi connectivity index (χ3v) is 7.28. The molecule has 2 atom stereocenters. The monoisotopic (exact) mass is 514 g/mol. The molecule has 0 spiro atoms. The minimum Gasteiger partial charge on any atom is -0.507 e. The fourth-order valence-electron chi connectivity index (χ4n) is 5.47. The van der Waals surface area contributed by atoms with Crippen LogP contribution in [0.25, 0.3) is 11.3 Å². The first-order valence-electron chi connectivity index (χ1n) is 12.1. The predicted molar refractivity (Wildman–Crippen MR) is 130 cm³/mol. The van der Waals surface area contributed by atoms with E-state index in [1.54, 1.807) is 9.80 Å². The molecule has 11 heteroatoms. The number of phenols is 1. The van der Waals surface area contributed by atoms with Crippen LogP contribution in [0.5, 0.6) is 11.5 Å². The summed E-state index contributed by atoms with van der Waals surface area (Å²) in [6.45, 7) is 7.83. The van der Waals surface area contributed by atoms with Gasteiger partial charge in [0, 0.05) is 31.7 Å². The number of phenolic OH excluding ortho intramolecular Hbond substituents is 1. The number of hydrogen-bond acceptors (Lipinski definition) is 7. The maximum absolute atomic E-state index is 16.0. The molecule has 2 aromatic rings. The Kier molecular flexibility index (Phi) is 6.06. The lowest BCUT2D eigenvalue weighted by Gasteiger charge is -2.40. The first-order valence-corrected chi connectivity index (χ1v) is 12.1. The van der Waals surface area contributed by atoms with E-state index in [0.717, 1.165) is 6.07 Å². The molecule has 4 heterocycles. The number of aliphatic hydroxyl groups is 1. The number of carbonyl (C=O) groups is 2. The van der Waals surface area contributed by atoms with Gasteiger partial charge in [-0.1, -0.05) is 12.6 Å². The molecule has 2 N–H and O–H groups in total. The van der Waals surface area contributed by atoms with Crippen LogP contribution in [0.15, 0.2) is 30.9 Å². The maximum atomic E-state index is 16.0. The fourth-order valence-corrected chi connectivity index (χ4v) is 5.47. The highest BCUT2D eigenvalue weighted by Gasteiger charge is 2.45. The molecule has 3 aliphatic heterocycles. The van der Waals surface area contributed by atoms with E-state index < -0.39 is 58.0 Å². The molecule has 0 bridgehead atoms. The van der Waals surface area contributed by atoms with Crippen LogP contribution in [0, 0.1) is 11.6 Å². The zero-order valence-corrected chi connectivity index (χ0v) is 20.6. The lowest BCUT2D eigenvalue weighted by Crippen LogP contribution is -2.57. The highest BCUT2D eigenvalue weighted by molar-refractivity contribution is 6.03. The molecule has 2 fully saturated rings. The minimum absolute atomic E-state index is 0.0332. The van der Waals surface area contributed by atoms with E-state index in [9.17, 15) is 24.2 Å². The van der Waals surface area contributed by atoms with Gasteiger partial charge in [-0.3, -0.25) is 9.59 Å². The van der Waals surface area contributed by atoms with Crippen LogP contribution in [-0.2, 0) is 4.79 Å². The first kappa shape index (κ1) is 24.9. The molecule has 0 saturated carbocycles. The van der Waals surface area contributed by atoms with Crippen LogP contribution in [-0.4, -0.2) is 87.3 Å². The molecular formula is C26H28F2N4O5. The van der Waals surface area contributed by atoms with E-state index in [2.05, 4.69) is 11.6 Å². The molecule has 9 nitrogen and oxygen atoms in total. The summed E-state index contributed by atoms with van der Waals surface area (Å²) in [5, 5.41) is 20.8. The number of aromatic hydroxyl groups is 1. The summed E-state index contributed by atoms with van der Waals surface area (Å²) in [5.74, 6) is -3.68. The molecule has 37 heavy (non-hydrogen) atoms. The molecule has 1 unspecified atom stereocenters. The lowest BCUT2D eigenvalue weighted by atomic mass is 9.99. The van der Waals surface area contributed by atoms with Crippen molar-refractivity contribution in [3.63, 3.8) is 0 Å². The molecule has 3 aliphatic rings. The van der Waals surface area contributed by atoms with Crippen molar-refractivity contribution in [3.05, 3.63) is 48.1 Å². The predicted octanol–water partition coefficient (Wildman–Crippen LogP) is 2.31. The number of aliphatic hydroxyl groups excluding tert-OH is 1. The molecule has 2 saturated heterocycles. The number of pyridine rings is 1. The standard InChI is InChI=1S/C26H28F2N4O5/c1-4-18(35)30-8-9-31-14(11-30)13-37-23-20(25(31)36)24(32-12-15(33)10-26(32,2)3)29-22(21(23)28)19-16(27)6-5-7-17(19)34/h4-7,14-15,33-34H,1,8-13H2,2-3H3/t14-,15?/m1/s1. The smallest absolute Gasteiger partial charge is 0.262 e.